The summed E-state index contributed by atoms with van der Waals surface area (Å²) in [5.41, 5.74) is 4.10. The number of para-hydroxylation sites is 2. The van der Waals surface area contributed by atoms with Gasteiger partial charge < -0.3 is 10.6 Å². The highest BCUT2D eigenvalue weighted by Crippen LogP contribution is 2.15. The molecular weight excluding hydrogens is 282 g/mol. The Labute approximate surface area is 136 Å². The fourth-order valence-electron chi connectivity index (χ4n) is 2.15. The average molecular weight is 301 g/mol. The number of rotatable bonds is 3. The number of nitrogens with one attached hydrogen (secondary N) is 2. The smallest absolute Gasteiger partial charge is 0.205 e. The van der Waals surface area contributed by atoms with Crippen molar-refractivity contribution in [3.8, 4) is 0 Å². The lowest BCUT2D eigenvalue weighted by Crippen LogP contribution is -2.21. The Morgan fingerprint density at radius 2 is 1.13 bits per heavy atom. The van der Waals surface area contributed by atoms with E-state index in [1.54, 1.807) is 0 Å². The van der Waals surface area contributed by atoms with E-state index in [9.17, 15) is 0 Å². The molecular formula is C20H19N3. The maximum atomic E-state index is 4.68. The Morgan fingerprint density at radius 3 is 1.61 bits per heavy atom. The van der Waals surface area contributed by atoms with Crippen LogP contribution >= 0.6 is 0 Å². The van der Waals surface area contributed by atoms with Gasteiger partial charge in [-0.05, 0) is 43.3 Å². The molecule has 23 heavy (non-hydrogen) atoms. The molecule has 0 saturated heterocycles. The number of aliphatic imine (C=N–C) groups is 1. The Morgan fingerprint density at radius 1 is 0.652 bits per heavy atom. The molecule has 3 aromatic carbocycles. The van der Waals surface area contributed by atoms with Crippen LogP contribution in [-0.4, -0.2) is 5.96 Å². The van der Waals surface area contributed by atoms with Crippen LogP contribution in [0.3, 0.4) is 0 Å². The topological polar surface area (TPSA) is 36.4 Å². The van der Waals surface area contributed by atoms with Gasteiger partial charge >= 0.3 is 0 Å². The Kier molecular flexibility index (Phi) is 4.69. The molecule has 0 aliphatic rings. The molecule has 0 aromatic heterocycles. The van der Waals surface area contributed by atoms with Crippen LogP contribution in [0.2, 0.25) is 0 Å². The zero-order chi connectivity index (χ0) is 15.9. The molecule has 3 heteroatoms. The Hall–Kier alpha value is -3.07. The van der Waals surface area contributed by atoms with Crippen molar-refractivity contribution in [3.05, 3.63) is 90.5 Å². The minimum absolute atomic E-state index is 0.686. The van der Waals surface area contributed by atoms with Crippen molar-refractivity contribution in [2.45, 2.75) is 6.92 Å². The molecule has 0 saturated carbocycles. The third kappa shape index (κ3) is 4.45. The first kappa shape index (κ1) is 14.9. The molecule has 0 amide bonds. The van der Waals surface area contributed by atoms with Crippen LogP contribution in [0.15, 0.2) is 89.9 Å². The highest BCUT2D eigenvalue weighted by atomic mass is 15.2. The van der Waals surface area contributed by atoms with E-state index >= 15 is 0 Å². The van der Waals surface area contributed by atoms with Gasteiger partial charge in [-0.3, -0.25) is 0 Å². The third-order valence-electron chi connectivity index (χ3n) is 3.35. The SMILES string of the molecule is Cc1ccc(N=C(Nc2ccccc2)Nc2ccccc2)cc1. The third-order valence-corrected chi connectivity index (χ3v) is 3.35. The zero-order valence-electron chi connectivity index (χ0n) is 13.0. The van der Waals surface area contributed by atoms with Crippen LogP contribution in [0.1, 0.15) is 5.56 Å². The lowest BCUT2D eigenvalue weighted by Gasteiger charge is -2.12. The molecule has 0 fully saturated rings. The fourth-order valence-corrected chi connectivity index (χ4v) is 2.15. The van der Waals surface area contributed by atoms with Gasteiger partial charge in [0.2, 0.25) is 5.96 Å². The first-order valence-corrected chi connectivity index (χ1v) is 7.59. The molecule has 0 atom stereocenters. The summed E-state index contributed by atoms with van der Waals surface area (Å²) in [5, 5.41) is 6.66. The van der Waals surface area contributed by atoms with Crippen molar-refractivity contribution in [2.24, 2.45) is 4.99 Å². The Bertz CT molecular complexity index is 720. The summed E-state index contributed by atoms with van der Waals surface area (Å²) in [6, 6.07) is 28.1. The summed E-state index contributed by atoms with van der Waals surface area (Å²) in [6.07, 6.45) is 0. The van der Waals surface area contributed by atoms with Gasteiger partial charge in [-0.1, -0.05) is 54.1 Å². The van der Waals surface area contributed by atoms with E-state index in [0.717, 1.165) is 17.1 Å². The van der Waals surface area contributed by atoms with Crippen LogP contribution in [0.4, 0.5) is 17.1 Å². The second kappa shape index (κ2) is 7.27. The van der Waals surface area contributed by atoms with E-state index in [1.165, 1.54) is 5.56 Å². The second-order valence-corrected chi connectivity index (χ2v) is 5.28. The normalized spacial score (nSPS) is 9.96. The monoisotopic (exact) mass is 301 g/mol. The molecule has 2 N–H and O–H groups in total. The van der Waals surface area contributed by atoms with Crippen LogP contribution in [-0.2, 0) is 0 Å². The van der Waals surface area contributed by atoms with Crippen molar-refractivity contribution < 1.29 is 0 Å². The van der Waals surface area contributed by atoms with Crippen LogP contribution in [0.25, 0.3) is 0 Å². The molecule has 0 unspecified atom stereocenters. The van der Waals surface area contributed by atoms with Gasteiger partial charge in [0.1, 0.15) is 0 Å². The number of guanidine groups is 1. The van der Waals surface area contributed by atoms with Gasteiger partial charge in [0.25, 0.3) is 0 Å². The quantitative estimate of drug-likeness (QED) is 0.515. The van der Waals surface area contributed by atoms with Gasteiger partial charge in [-0.2, -0.15) is 0 Å². The van der Waals surface area contributed by atoms with Gasteiger partial charge in [0, 0.05) is 11.4 Å². The van der Waals surface area contributed by atoms with Crippen molar-refractivity contribution in [1.29, 1.82) is 0 Å². The van der Waals surface area contributed by atoms with Crippen LogP contribution in [0, 0.1) is 6.92 Å². The van der Waals surface area contributed by atoms with E-state index < -0.39 is 0 Å². The second-order valence-electron chi connectivity index (χ2n) is 5.28. The van der Waals surface area contributed by atoms with E-state index in [4.69, 9.17) is 0 Å². The van der Waals surface area contributed by atoms with Crippen LogP contribution < -0.4 is 10.6 Å². The van der Waals surface area contributed by atoms with E-state index in [1.807, 2.05) is 72.8 Å². The summed E-state index contributed by atoms with van der Waals surface area (Å²) >= 11 is 0. The van der Waals surface area contributed by atoms with Gasteiger partial charge in [-0.15, -0.1) is 0 Å². The number of nitrogens with zero attached hydrogens (tertiary/aromatic N) is 1. The van der Waals surface area contributed by atoms with E-state index in [0.29, 0.717) is 5.96 Å². The minimum atomic E-state index is 0.686. The largest absolute Gasteiger partial charge is 0.326 e. The predicted molar refractivity (Wildman–Crippen MR) is 98.4 cm³/mol. The molecule has 0 aliphatic heterocycles. The number of benzene rings is 3. The van der Waals surface area contributed by atoms with Crippen molar-refractivity contribution in [1.82, 2.24) is 0 Å². The average Bonchev–Trinajstić information content (AvgIpc) is 2.59. The molecule has 3 rings (SSSR count). The lowest BCUT2D eigenvalue weighted by atomic mass is 10.2. The summed E-state index contributed by atoms with van der Waals surface area (Å²) in [5.74, 6) is 0.686. The van der Waals surface area contributed by atoms with Crippen molar-refractivity contribution >= 4 is 23.0 Å². The first-order chi connectivity index (χ1) is 11.3. The molecule has 3 aromatic rings. The summed E-state index contributed by atoms with van der Waals surface area (Å²) in [6.45, 7) is 2.07. The van der Waals surface area contributed by atoms with Crippen LogP contribution in [0.5, 0.6) is 0 Å². The minimum Gasteiger partial charge on any atom is -0.326 e. The van der Waals surface area contributed by atoms with Crippen molar-refractivity contribution in [2.75, 3.05) is 10.6 Å². The number of hydrogen-bond acceptors (Lipinski definition) is 1. The zero-order valence-corrected chi connectivity index (χ0v) is 13.0. The number of aryl methyl sites for hydroxylation is 1. The molecule has 0 spiro atoms. The standard InChI is InChI=1S/C20H19N3/c1-16-12-14-19(15-13-16)23-20(21-17-8-4-2-5-9-17)22-18-10-6-3-7-11-18/h2-15H,1H3,(H2,21,22,23). The molecule has 0 aliphatic carbocycles. The summed E-state index contributed by atoms with van der Waals surface area (Å²) in [4.78, 5) is 4.68. The lowest BCUT2D eigenvalue weighted by molar-refractivity contribution is 1.41. The predicted octanol–water partition coefficient (Wildman–Crippen LogP) is 5.21. The molecule has 0 heterocycles. The van der Waals surface area contributed by atoms with E-state index in [-0.39, 0.29) is 0 Å². The highest BCUT2D eigenvalue weighted by Gasteiger charge is 2.02. The maximum absolute atomic E-state index is 4.68. The first-order valence-electron chi connectivity index (χ1n) is 7.59. The molecule has 114 valence electrons. The number of hydrogen-bond donors (Lipinski definition) is 2. The van der Waals surface area contributed by atoms with Crippen molar-refractivity contribution in [3.63, 3.8) is 0 Å². The summed E-state index contributed by atoms with van der Waals surface area (Å²) in [7, 11) is 0. The Balaban J connectivity index is 1.87. The number of anilines is 2. The highest BCUT2D eigenvalue weighted by molar-refractivity contribution is 6.04. The molecule has 0 radical (unpaired) electrons. The van der Waals surface area contributed by atoms with Gasteiger partial charge in [-0.25, -0.2) is 4.99 Å². The van der Waals surface area contributed by atoms with Gasteiger partial charge in [0.15, 0.2) is 0 Å². The van der Waals surface area contributed by atoms with Gasteiger partial charge in [0.05, 0.1) is 5.69 Å². The van der Waals surface area contributed by atoms with E-state index in [2.05, 4.69) is 34.7 Å². The maximum Gasteiger partial charge on any atom is 0.205 e. The molecule has 0 bridgehead atoms. The molecule has 3 nitrogen and oxygen atoms in total. The summed E-state index contributed by atoms with van der Waals surface area (Å²) < 4.78 is 0. The fraction of sp³-hybridized carbons (Fsp3) is 0.0500.